The molecular weight excluding hydrogens is 616 g/mol. The maximum absolute atomic E-state index is 13.8. The lowest BCUT2D eigenvalue weighted by atomic mass is 10.1. The van der Waals surface area contributed by atoms with Gasteiger partial charge in [-0.25, -0.2) is 9.78 Å². The fourth-order valence-electron chi connectivity index (χ4n) is 5.25. The SMILES string of the molecule is COC(=O)c1ccc(-n2c(-c3ccccc3)cc(C=Nn3c(C(C)C)nc4ccc(Br)cc4c3=O)c2-c2ccccc2)cc1. The average Bonchev–Trinajstić information content (AvgIpc) is 3.44. The van der Waals surface area contributed by atoms with E-state index in [2.05, 4.69) is 38.7 Å². The number of methoxy groups -OCH3 is 1. The topological polar surface area (TPSA) is 78.5 Å². The lowest BCUT2D eigenvalue weighted by Crippen LogP contribution is -2.23. The number of carbonyl (C=O) groups excluding carboxylic acids is 1. The number of halogens is 1. The molecule has 44 heavy (non-hydrogen) atoms. The van der Waals surface area contributed by atoms with E-state index in [9.17, 15) is 9.59 Å². The molecule has 0 aliphatic carbocycles. The normalized spacial score (nSPS) is 11.5. The molecule has 7 nitrogen and oxygen atoms in total. The molecule has 218 valence electrons. The molecule has 2 heterocycles. The summed E-state index contributed by atoms with van der Waals surface area (Å²) >= 11 is 3.48. The van der Waals surface area contributed by atoms with Gasteiger partial charge in [-0.3, -0.25) is 4.79 Å². The van der Waals surface area contributed by atoms with Crippen molar-refractivity contribution in [2.45, 2.75) is 19.8 Å². The number of ether oxygens (including phenoxy) is 1. The first kappa shape index (κ1) is 29.0. The summed E-state index contributed by atoms with van der Waals surface area (Å²) in [5.74, 6) is 0.133. The molecule has 0 spiro atoms. The summed E-state index contributed by atoms with van der Waals surface area (Å²) in [7, 11) is 1.37. The molecule has 6 rings (SSSR count). The molecule has 0 aliphatic rings. The van der Waals surface area contributed by atoms with Crippen molar-refractivity contribution in [2.75, 3.05) is 7.11 Å². The van der Waals surface area contributed by atoms with Crippen LogP contribution in [0.5, 0.6) is 0 Å². The van der Waals surface area contributed by atoms with E-state index in [0.717, 1.165) is 38.2 Å². The maximum Gasteiger partial charge on any atom is 0.337 e. The Morgan fingerprint density at radius 1 is 0.886 bits per heavy atom. The molecule has 2 aromatic heterocycles. The monoisotopic (exact) mass is 644 g/mol. The third kappa shape index (κ3) is 5.52. The number of carbonyl (C=O) groups is 1. The van der Waals surface area contributed by atoms with Gasteiger partial charge in [0, 0.05) is 21.6 Å². The largest absolute Gasteiger partial charge is 0.465 e. The van der Waals surface area contributed by atoms with Gasteiger partial charge >= 0.3 is 5.97 Å². The molecule has 0 fully saturated rings. The Morgan fingerprint density at radius 2 is 1.55 bits per heavy atom. The van der Waals surface area contributed by atoms with Gasteiger partial charge < -0.3 is 9.30 Å². The van der Waals surface area contributed by atoms with Crippen LogP contribution in [0.25, 0.3) is 39.1 Å². The van der Waals surface area contributed by atoms with E-state index in [1.807, 2.05) is 86.6 Å². The van der Waals surface area contributed by atoms with Gasteiger partial charge in [-0.05, 0) is 59.7 Å². The zero-order valence-corrected chi connectivity index (χ0v) is 26.0. The van der Waals surface area contributed by atoms with Gasteiger partial charge in [0.2, 0.25) is 0 Å². The molecule has 0 radical (unpaired) electrons. The van der Waals surface area contributed by atoms with Crippen molar-refractivity contribution in [2.24, 2.45) is 5.10 Å². The van der Waals surface area contributed by atoms with E-state index in [1.165, 1.54) is 11.8 Å². The summed E-state index contributed by atoms with van der Waals surface area (Å²) in [5, 5.41) is 5.26. The highest BCUT2D eigenvalue weighted by Gasteiger charge is 2.20. The number of aromatic nitrogens is 3. The van der Waals surface area contributed by atoms with Gasteiger partial charge in [-0.1, -0.05) is 90.4 Å². The molecule has 0 amide bonds. The van der Waals surface area contributed by atoms with Crippen molar-refractivity contribution in [3.63, 3.8) is 0 Å². The van der Waals surface area contributed by atoms with Crippen molar-refractivity contribution in [1.82, 2.24) is 14.2 Å². The molecule has 6 aromatic rings. The minimum absolute atomic E-state index is 0.0423. The van der Waals surface area contributed by atoms with Crippen LogP contribution >= 0.6 is 15.9 Å². The smallest absolute Gasteiger partial charge is 0.337 e. The van der Waals surface area contributed by atoms with Crippen molar-refractivity contribution in [1.29, 1.82) is 0 Å². The van der Waals surface area contributed by atoms with Crippen LogP contribution in [0.15, 0.2) is 124 Å². The second-order valence-corrected chi connectivity index (χ2v) is 11.5. The third-order valence-electron chi connectivity index (χ3n) is 7.36. The Balaban J connectivity index is 1.61. The predicted octanol–water partition coefficient (Wildman–Crippen LogP) is 8.08. The van der Waals surface area contributed by atoms with Crippen LogP contribution in [0.1, 0.15) is 41.5 Å². The number of fused-ring (bicyclic) bond motifs is 1. The van der Waals surface area contributed by atoms with Crippen molar-refractivity contribution in [3.05, 3.63) is 141 Å². The standard InChI is InChI=1S/C36H29BrN4O3/c1-23(2)34-39-31-19-16-28(37)21-30(31)35(42)41(34)38-22-27-20-32(24-10-6-4-7-11-24)40(33(27)25-12-8-5-9-13-25)29-17-14-26(15-18-29)36(43)44-3/h4-23H,1-3H3. The molecule has 8 heteroatoms. The summed E-state index contributed by atoms with van der Waals surface area (Å²) in [6, 6.07) is 35.0. The Bertz CT molecular complexity index is 2060. The van der Waals surface area contributed by atoms with Crippen molar-refractivity contribution in [3.8, 4) is 28.2 Å². The number of benzene rings is 4. The van der Waals surface area contributed by atoms with E-state index in [1.54, 1.807) is 24.4 Å². The van der Waals surface area contributed by atoms with Crippen LogP contribution in [0, 0.1) is 0 Å². The summed E-state index contributed by atoms with van der Waals surface area (Å²) in [6.07, 6.45) is 1.73. The molecule has 0 saturated heterocycles. The molecule has 4 aromatic carbocycles. The Hall–Kier alpha value is -5.08. The van der Waals surface area contributed by atoms with Gasteiger partial charge in [0.1, 0.15) is 5.82 Å². The van der Waals surface area contributed by atoms with Gasteiger partial charge in [0.05, 0.1) is 41.2 Å². The van der Waals surface area contributed by atoms with Crippen LogP contribution in [0.3, 0.4) is 0 Å². The summed E-state index contributed by atoms with van der Waals surface area (Å²) < 4.78 is 9.26. The van der Waals surface area contributed by atoms with Crippen molar-refractivity contribution < 1.29 is 9.53 Å². The van der Waals surface area contributed by atoms with Crippen LogP contribution in [0.2, 0.25) is 0 Å². The molecule has 0 atom stereocenters. The lowest BCUT2D eigenvalue weighted by molar-refractivity contribution is 0.0600. The minimum atomic E-state index is -0.397. The van der Waals surface area contributed by atoms with E-state index in [0.29, 0.717) is 22.3 Å². The number of esters is 1. The number of hydrogen-bond donors (Lipinski definition) is 0. The highest BCUT2D eigenvalue weighted by molar-refractivity contribution is 9.10. The zero-order chi connectivity index (χ0) is 30.8. The van der Waals surface area contributed by atoms with Gasteiger partial charge in [0.25, 0.3) is 5.56 Å². The van der Waals surface area contributed by atoms with Crippen molar-refractivity contribution >= 4 is 39.0 Å². The molecule has 0 bridgehead atoms. The van der Waals surface area contributed by atoms with Gasteiger partial charge in [-0.2, -0.15) is 9.78 Å². The second kappa shape index (κ2) is 12.3. The van der Waals surface area contributed by atoms with Gasteiger partial charge in [-0.15, -0.1) is 0 Å². The number of rotatable bonds is 7. The maximum atomic E-state index is 13.8. The lowest BCUT2D eigenvalue weighted by Gasteiger charge is -2.15. The number of hydrogen-bond acceptors (Lipinski definition) is 5. The first-order chi connectivity index (χ1) is 21.4. The Kier molecular flexibility index (Phi) is 8.09. The first-order valence-electron chi connectivity index (χ1n) is 14.2. The van der Waals surface area contributed by atoms with E-state index in [-0.39, 0.29) is 11.5 Å². The highest BCUT2D eigenvalue weighted by atomic mass is 79.9. The molecule has 0 N–H and O–H groups in total. The fraction of sp³-hybridized carbons (Fsp3) is 0.111. The van der Waals surface area contributed by atoms with Crippen LogP contribution in [-0.2, 0) is 4.74 Å². The Labute approximate surface area is 263 Å². The highest BCUT2D eigenvalue weighted by Crippen LogP contribution is 2.35. The summed E-state index contributed by atoms with van der Waals surface area (Å²) in [5.41, 5.74) is 6.29. The third-order valence-corrected chi connectivity index (χ3v) is 7.85. The molecule has 0 unspecified atom stereocenters. The number of nitrogens with zero attached hydrogens (tertiary/aromatic N) is 4. The first-order valence-corrected chi connectivity index (χ1v) is 15.0. The fourth-order valence-corrected chi connectivity index (χ4v) is 5.61. The predicted molar refractivity (Wildman–Crippen MR) is 179 cm³/mol. The van der Waals surface area contributed by atoms with Gasteiger partial charge in [0.15, 0.2) is 0 Å². The van der Waals surface area contributed by atoms with Crippen LogP contribution in [-0.4, -0.2) is 33.5 Å². The van der Waals surface area contributed by atoms with E-state index >= 15 is 0 Å². The molecule has 0 saturated carbocycles. The zero-order valence-electron chi connectivity index (χ0n) is 24.4. The summed E-state index contributed by atoms with van der Waals surface area (Å²) in [6.45, 7) is 3.99. The quantitative estimate of drug-likeness (QED) is 0.130. The minimum Gasteiger partial charge on any atom is -0.465 e. The average molecular weight is 646 g/mol. The summed E-state index contributed by atoms with van der Waals surface area (Å²) in [4.78, 5) is 30.7. The molecular formula is C36H29BrN4O3. The Morgan fingerprint density at radius 3 is 2.18 bits per heavy atom. The van der Waals surface area contributed by atoms with Crippen LogP contribution in [0.4, 0.5) is 0 Å². The molecule has 0 aliphatic heterocycles. The van der Waals surface area contributed by atoms with E-state index in [4.69, 9.17) is 14.8 Å². The van der Waals surface area contributed by atoms with Crippen LogP contribution < -0.4 is 5.56 Å². The van der Waals surface area contributed by atoms with E-state index < -0.39 is 5.97 Å². The second-order valence-electron chi connectivity index (χ2n) is 10.6.